The number of fused-ring (bicyclic) bond motifs is 1. The minimum absolute atomic E-state index is 0.259. The Morgan fingerprint density at radius 2 is 2.29 bits per heavy atom. The fraction of sp³-hybridized carbons (Fsp3) is 0.267. The lowest BCUT2D eigenvalue weighted by molar-refractivity contribution is -0.144. The highest BCUT2D eigenvalue weighted by Crippen LogP contribution is 2.34. The summed E-state index contributed by atoms with van der Waals surface area (Å²) in [7, 11) is 0. The Balaban J connectivity index is 1.90. The molecule has 1 unspecified atom stereocenters. The molecule has 1 aliphatic heterocycles. The van der Waals surface area contributed by atoms with Crippen LogP contribution < -0.4 is 0 Å². The smallest absolute Gasteiger partial charge is 0.325 e. The van der Waals surface area contributed by atoms with Crippen molar-refractivity contribution >= 4 is 28.9 Å². The molecule has 1 N–H and O–H groups in total. The fourth-order valence-electron chi connectivity index (χ4n) is 2.70. The van der Waals surface area contributed by atoms with Crippen LogP contribution in [0.3, 0.4) is 0 Å². The van der Waals surface area contributed by atoms with Crippen molar-refractivity contribution in [3.63, 3.8) is 0 Å². The second-order valence-corrected chi connectivity index (χ2v) is 6.43. The van der Waals surface area contributed by atoms with E-state index in [4.69, 9.17) is 11.6 Å². The standard InChI is InChI=1S/C15H13ClFNO2S/c16-10-2-1-9(12(17)7-10)8-18-5-3-13-11(4-6-21-13)14(18)15(19)20/h1-2,4,6-7,14H,3,5,8H2,(H,19,20). The van der Waals surface area contributed by atoms with Crippen molar-refractivity contribution in [2.45, 2.75) is 19.0 Å². The Labute approximate surface area is 130 Å². The Bertz CT molecular complexity index is 688. The van der Waals surface area contributed by atoms with Crippen molar-refractivity contribution in [3.8, 4) is 0 Å². The van der Waals surface area contributed by atoms with E-state index in [2.05, 4.69) is 0 Å². The van der Waals surface area contributed by atoms with E-state index in [0.29, 0.717) is 17.1 Å². The van der Waals surface area contributed by atoms with Gasteiger partial charge >= 0.3 is 5.97 Å². The van der Waals surface area contributed by atoms with Crippen LogP contribution in [0.5, 0.6) is 0 Å². The number of nitrogens with zero attached hydrogens (tertiary/aromatic N) is 1. The van der Waals surface area contributed by atoms with Crippen molar-refractivity contribution in [1.29, 1.82) is 0 Å². The van der Waals surface area contributed by atoms with Crippen LogP contribution in [0.25, 0.3) is 0 Å². The Morgan fingerprint density at radius 1 is 1.48 bits per heavy atom. The van der Waals surface area contributed by atoms with Gasteiger partial charge in [-0.1, -0.05) is 17.7 Å². The number of hydrogen-bond donors (Lipinski definition) is 1. The van der Waals surface area contributed by atoms with Crippen LogP contribution in [-0.4, -0.2) is 22.5 Å². The van der Waals surface area contributed by atoms with Crippen molar-refractivity contribution in [2.75, 3.05) is 6.54 Å². The van der Waals surface area contributed by atoms with E-state index in [1.165, 1.54) is 6.07 Å². The molecular weight excluding hydrogens is 313 g/mol. The van der Waals surface area contributed by atoms with Crippen LogP contribution in [0, 0.1) is 5.82 Å². The molecule has 0 fully saturated rings. The first-order chi connectivity index (χ1) is 10.1. The summed E-state index contributed by atoms with van der Waals surface area (Å²) in [6, 6.07) is 5.63. The number of rotatable bonds is 3. The van der Waals surface area contributed by atoms with Gasteiger partial charge in [0.25, 0.3) is 0 Å². The quantitative estimate of drug-likeness (QED) is 0.935. The number of carboxylic acid groups (broad SMARTS) is 1. The minimum Gasteiger partial charge on any atom is -0.480 e. The molecule has 1 aromatic carbocycles. The molecule has 1 aromatic heterocycles. The molecule has 6 heteroatoms. The summed E-state index contributed by atoms with van der Waals surface area (Å²) in [6.07, 6.45) is 0.798. The van der Waals surface area contributed by atoms with Crippen molar-refractivity contribution in [3.05, 3.63) is 56.5 Å². The maximum atomic E-state index is 13.9. The number of carboxylic acids is 1. The van der Waals surface area contributed by atoms with Crippen molar-refractivity contribution in [2.24, 2.45) is 0 Å². The van der Waals surface area contributed by atoms with Crippen LogP contribution in [0.4, 0.5) is 4.39 Å². The highest BCUT2D eigenvalue weighted by molar-refractivity contribution is 7.10. The largest absolute Gasteiger partial charge is 0.480 e. The van der Waals surface area contributed by atoms with Gasteiger partial charge in [0, 0.05) is 28.6 Å². The molecule has 21 heavy (non-hydrogen) atoms. The molecule has 2 aromatic rings. The summed E-state index contributed by atoms with van der Waals surface area (Å²) in [6.45, 7) is 0.863. The molecule has 3 nitrogen and oxygen atoms in total. The SMILES string of the molecule is O=C(O)C1c2ccsc2CCN1Cc1ccc(Cl)cc1F. The molecule has 1 atom stereocenters. The van der Waals surface area contributed by atoms with Crippen LogP contribution in [0.1, 0.15) is 22.0 Å². The number of aliphatic carboxylic acids is 1. The lowest BCUT2D eigenvalue weighted by Crippen LogP contribution is -2.38. The zero-order valence-corrected chi connectivity index (χ0v) is 12.6. The molecule has 0 aliphatic carbocycles. The van der Waals surface area contributed by atoms with E-state index in [1.54, 1.807) is 28.4 Å². The van der Waals surface area contributed by atoms with Crippen LogP contribution in [0.15, 0.2) is 29.6 Å². The average molecular weight is 326 g/mol. The van der Waals surface area contributed by atoms with Gasteiger partial charge in [-0.25, -0.2) is 4.39 Å². The first kappa shape index (κ1) is 14.5. The molecule has 0 amide bonds. The monoisotopic (exact) mass is 325 g/mol. The molecular formula is C15H13ClFNO2S. The van der Waals surface area contributed by atoms with E-state index in [9.17, 15) is 14.3 Å². The lowest BCUT2D eigenvalue weighted by Gasteiger charge is -2.33. The highest BCUT2D eigenvalue weighted by atomic mass is 35.5. The molecule has 0 saturated heterocycles. The molecule has 0 spiro atoms. The number of hydrogen-bond acceptors (Lipinski definition) is 3. The van der Waals surface area contributed by atoms with Gasteiger partial charge in [0.2, 0.25) is 0 Å². The van der Waals surface area contributed by atoms with E-state index in [1.807, 2.05) is 11.4 Å². The molecule has 0 radical (unpaired) electrons. The van der Waals surface area contributed by atoms with Gasteiger partial charge in [-0.3, -0.25) is 9.69 Å². The summed E-state index contributed by atoms with van der Waals surface area (Å²) >= 11 is 7.32. The highest BCUT2D eigenvalue weighted by Gasteiger charge is 2.33. The summed E-state index contributed by atoms with van der Waals surface area (Å²) in [4.78, 5) is 14.5. The first-order valence-corrected chi connectivity index (χ1v) is 7.79. The molecule has 0 bridgehead atoms. The number of halogens is 2. The number of benzene rings is 1. The van der Waals surface area contributed by atoms with Gasteiger partial charge in [0.15, 0.2) is 0 Å². The summed E-state index contributed by atoms with van der Waals surface area (Å²) in [5, 5.41) is 11.8. The zero-order valence-electron chi connectivity index (χ0n) is 11.1. The summed E-state index contributed by atoms with van der Waals surface area (Å²) in [5.41, 5.74) is 1.29. The topological polar surface area (TPSA) is 40.5 Å². The second kappa shape index (κ2) is 5.75. The third-order valence-corrected chi connectivity index (χ3v) is 4.92. The number of thiophene rings is 1. The fourth-order valence-corrected chi connectivity index (χ4v) is 3.76. The van der Waals surface area contributed by atoms with E-state index >= 15 is 0 Å². The second-order valence-electron chi connectivity index (χ2n) is 5.00. The van der Waals surface area contributed by atoms with Crippen LogP contribution in [-0.2, 0) is 17.8 Å². The maximum absolute atomic E-state index is 13.9. The average Bonchev–Trinajstić information content (AvgIpc) is 2.89. The molecule has 1 aliphatic rings. The molecule has 110 valence electrons. The Kier molecular flexibility index (Phi) is 3.97. The van der Waals surface area contributed by atoms with Crippen LogP contribution >= 0.6 is 22.9 Å². The molecule has 2 heterocycles. The van der Waals surface area contributed by atoms with Gasteiger partial charge in [-0.2, -0.15) is 0 Å². The zero-order chi connectivity index (χ0) is 15.0. The Hall–Kier alpha value is -1.43. The van der Waals surface area contributed by atoms with Gasteiger partial charge in [0.1, 0.15) is 11.9 Å². The minimum atomic E-state index is -0.899. The summed E-state index contributed by atoms with van der Waals surface area (Å²) in [5.74, 6) is -1.30. The van der Waals surface area contributed by atoms with E-state index < -0.39 is 17.8 Å². The number of carbonyl (C=O) groups is 1. The normalized spacial score (nSPS) is 18.5. The molecule has 3 rings (SSSR count). The predicted molar refractivity (Wildman–Crippen MR) is 80.2 cm³/mol. The van der Waals surface area contributed by atoms with Crippen LogP contribution in [0.2, 0.25) is 5.02 Å². The third-order valence-electron chi connectivity index (χ3n) is 3.69. The van der Waals surface area contributed by atoms with Crippen molar-refractivity contribution < 1.29 is 14.3 Å². The maximum Gasteiger partial charge on any atom is 0.325 e. The van der Waals surface area contributed by atoms with E-state index in [0.717, 1.165) is 16.9 Å². The first-order valence-electron chi connectivity index (χ1n) is 6.53. The Morgan fingerprint density at radius 3 is 3.00 bits per heavy atom. The summed E-state index contributed by atoms with van der Waals surface area (Å²) < 4.78 is 13.9. The van der Waals surface area contributed by atoms with Crippen molar-refractivity contribution in [1.82, 2.24) is 4.90 Å². The van der Waals surface area contributed by atoms with Gasteiger partial charge in [0.05, 0.1) is 0 Å². The van der Waals surface area contributed by atoms with Gasteiger partial charge in [-0.15, -0.1) is 11.3 Å². The van der Waals surface area contributed by atoms with E-state index in [-0.39, 0.29) is 6.54 Å². The third kappa shape index (κ3) is 2.81. The van der Waals surface area contributed by atoms with Gasteiger partial charge in [-0.05, 0) is 35.6 Å². The predicted octanol–water partition coefficient (Wildman–Crippen LogP) is 3.72. The van der Waals surface area contributed by atoms with Gasteiger partial charge < -0.3 is 5.11 Å². The molecule has 0 saturated carbocycles. The lowest BCUT2D eigenvalue weighted by atomic mass is 9.99.